The predicted octanol–water partition coefficient (Wildman–Crippen LogP) is 3.37. The molecule has 2 aliphatic heterocycles. The van der Waals surface area contributed by atoms with E-state index in [1.807, 2.05) is 0 Å². The highest BCUT2D eigenvalue weighted by atomic mass is 35.5. The lowest BCUT2D eigenvalue weighted by Gasteiger charge is -2.18. The number of amides is 1. The Morgan fingerprint density at radius 2 is 1.76 bits per heavy atom. The molecule has 2 aliphatic rings. The molecular formula is C20H16ClF2NO5. The minimum atomic E-state index is -1.43. The zero-order chi connectivity index (χ0) is 21.0. The second-order valence-electron chi connectivity index (χ2n) is 6.16. The van der Waals surface area contributed by atoms with Crippen molar-refractivity contribution in [2.45, 2.75) is 12.5 Å². The number of hydrogen-bond acceptors (Lipinski definition) is 4. The number of halogens is 3. The van der Waals surface area contributed by atoms with Gasteiger partial charge in [0.2, 0.25) is 0 Å². The molecule has 29 heavy (non-hydrogen) atoms. The maximum Gasteiger partial charge on any atom is 0.326 e. The van der Waals surface area contributed by atoms with Crippen LogP contribution in [-0.4, -0.2) is 36.2 Å². The summed E-state index contributed by atoms with van der Waals surface area (Å²) in [6.45, 7) is 0.120. The van der Waals surface area contributed by atoms with E-state index >= 15 is 0 Å². The molecule has 2 aromatic rings. The van der Waals surface area contributed by atoms with Crippen molar-refractivity contribution in [1.29, 1.82) is 0 Å². The molecule has 1 atom stereocenters. The van der Waals surface area contributed by atoms with Gasteiger partial charge in [0.25, 0.3) is 5.91 Å². The van der Waals surface area contributed by atoms with Gasteiger partial charge in [0, 0.05) is 6.42 Å². The fourth-order valence-corrected chi connectivity index (χ4v) is 2.99. The maximum atomic E-state index is 14.3. The molecule has 2 heterocycles. The number of fused-ring (bicyclic) bond motifs is 9. The zero-order valence-corrected chi connectivity index (χ0v) is 15.7. The first kappa shape index (κ1) is 20.6. The molecule has 2 aromatic carbocycles. The molecule has 0 saturated carbocycles. The maximum absolute atomic E-state index is 14.3. The van der Waals surface area contributed by atoms with E-state index in [-0.39, 0.29) is 30.4 Å². The Kier molecular flexibility index (Phi) is 6.33. The largest absolute Gasteiger partial charge is 0.489 e. The topological polar surface area (TPSA) is 84.9 Å². The summed E-state index contributed by atoms with van der Waals surface area (Å²) >= 11 is 6.15. The van der Waals surface area contributed by atoms with Crippen molar-refractivity contribution in [2.24, 2.45) is 0 Å². The number of carbonyl (C=O) groups is 2. The smallest absolute Gasteiger partial charge is 0.326 e. The van der Waals surface area contributed by atoms with Gasteiger partial charge in [0.15, 0.2) is 11.6 Å². The molecule has 0 spiro atoms. The summed E-state index contributed by atoms with van der Waals surface area (Å²) in [5.41, 5.74) is -0.199. The standard InChI is InChI=1S/C20H16ClF2NO5/c21-12-9-11-3-5-15(12)28-7-1-2-8-29-16-6-4-13(22)18(23)17(16)19(25)24-14(10-11)20(26)27/h1-6,9,14H,7-8,10H2,(H,24,25)(H,26,27)/b2-1-/t14-/m0/s1. The van der Waals surface area contributed by atoms with Gasteiger partial charge in [0.05, 0.1) is 5.02 Å². The van der Waals surface area contributed by atoms with Crippen LogP contribution in [0.2, 0.25) is 5.02 Å². The quantitative estimate of drug-likeness (QED) is 0.687. The SMILES string of the molecule is O=C1N[C@H](C(=O)O)Cc2ccc(c(Cl)c2)OC/C=C\COc2ccc(F)c(F)c21. The Labute approximate surface area is 169 Å². The number of nitrogens with one attached hydrogen (secondary N) is 1. The Hall–Kier alpha value is -3.13. The van der Waals surface area contributed by atoms with Crippen molar-refractivity contribution in [3.05, 3.63) is 70.3 Å². The van der Waals surface area contributed by atoms with Crippen LogP contribution in [0.3, 0.4) is 0 Å². The first-order valence-corrected chi connectivity index (χ1v) is 8.95. The number of ether oxygens (including phenoxy) is 2. The Balaban J connectivity index is 2.00. The number of carboxylic acid groups (broad SMARTS) is 1. The molecule has 0 radical (unpaired) electrons. The van der Waals surface area contributed by atoms with Gasteiger partial charge in [0.1, 0.15) is 36.3 Å². The van der Waals surface area contributed by atoms with Crippen molar-refractivity contribution in [1.82, 2.24) is 5.32 Å². The van der Waals surface area contributed by atoms with Crippen molar-refractivity contribution < 1.29 is 33.0 Å². The monoisotopic (exact) mass is 423 g/mol. The van der Waals surface area contributed by atoms with Gasteiger partial charge in [-0.25, -0.2) is 13.6 Å². The highest BCUT2D eigenvalue weighted by Gasteiger charge is 2.27. The predicted molar refractivity (Wildman–Crippen MR) is 101 cm³/mol. The number of carbonyl (C=O) groups excluding carboxylic acids is 1. The lowest BCUT2D eigenvalue weighted by atomic mass is 10.0. The van der Waals surface area contributed by atoms with Gasteiger partial charge >= 0.3 is 5.97 Å². The van der Waals surface area contributed by atoms with Crippen molar-refractivity contribution in [3.8, 4) is 11.5 Å². The van der Waals surface area contributed by atoms with Gasteiger partial charge in [-0.2, -0.15) is 0 Å². The molecule has 0 fully saturated rings. The van der Waals surface area contributed by atoms with E-state index in [0.29, 0.717) is 11.3 Å². The van der Waals surface area contributed by atoms with E-state index in [4.69, 9.17) is 21.1 Å². The summed E-state index contributed by atoms with van der Waals surface area (Å²) < 4.78 is 38.9. The molecule has 4 rings (SSSR count). The van der Waals surface area contributed by atoms with Crippen LogP contribution in [0, 0.1) is 11.6 Å². The van der Waals surface area contributed by atoms with E-state index in [2.05, 4.69) is 5.32 Å². The van der Waals surface area contributed by atoms with Crippen LogP contribution in [-0.2, 0) is 11.2 Å². The van der Waals surface area contributed by atoms with Crippen LogP contribution in [0.25, 0.3) is 0 Å². The Morgan fingerprint density at radius 3 is 2.41 bits per heavy atom. The molecule has 0 aromatic heterocycles. The summed E-state index contributed by atoms with van der Waals surface area (Å²) in [6.07, 6.45) is 3.07. The second-order valence-corrected chi connectivity index (χ2v) is 6.57. The molecule has 1 amide bonds. The normalized spacial score (nSPS) is 18.2. The second kappa shape index (κ2) is 8.91. The first-order chi connectivity index (χ1) is 13.9. The van der Waals surface area contributed by atoms with E-state index in [0.717, 1.165) is 12.1 Å². The third kappa shape index (κ3) is 4.83. The van der Waals surface area contributed by atoms with Crippen molar-refractivity contribution >= 4 is 23.5 Å². The lowest BCUT2D eigenvalue weighted by molar-refractivity contribution is -0.139. The minimum Gasteiger partial charge on any atom is -0.489 e. The van der Waals surface area contributed by atoms with Crippen molar-refractivity contribution in [3.63, 3.8) is 0 Å². The van der Waals surface area contributed by atoms with Crippen LogP contribution in [0.1, 0.15) is 15.9 Å². The van der Waals surface area contributed by atoms with E-state index < -0.39 is 35.1 Å². The van der Waals surface area contributed by atoms with E-state index in [9.17, 15) is 23.5 Å². The number of carboxylic acids is 1. The summed E-state index contributed by atoms with van der Waals surface area (Å²) in [5, 5.41) is 11.9. The third-order valence-electron chi connectivity index (χ3n) is 4.16. The Morgan fingerprint density at radius 1 is 1.10 bits per heavy atom. The fraction of sp³-hybridized carbons (Fsp3) is 0.200. The molecule has 9 heteroatoms. The zero-order valence-electron chi connectivity index (χ0n) is 15.0. The average Bonchev–Trinajstić information content (AvgIpc) is 2.67. The molecule has 2 bridgehead atoms. The number of rotatable bonds is 1. The van der Waals surface area contributed by atoms with Crippen LogP contribution < -0.4 is 14.8 Å². The molecule has 0 aliphatic carbocycles. The van der Waals surface area contributed by atoms with Crippen LogP contribution >= 0.6 is 11.6 Å². The summed E-state index contributed by atoms with van der Waals surface area (Å²) in [6, 6.07) is 5.23. The minimum absolute atomic E-state index is 0.0518. The van der Waals surface area contributed by atoms with E-state index in [1.165, 1.54) is 6.07 Å². The number of hydrogen-bond donors (Lipinski definition) is 2. The van der Waals surface area contributed by atoms with Gasteiger partial charge < -0.3 is 19.9 Å². The van der Waals surface area contributed by atoms with Crippen LogP contribution in [0.4, 0.5) is 8.78 Å². The van der Waals surface area contributed by atoms with Crippen LogP contribution in [0.5, 0.6) is 11.5 Å². The van der Waals surface area contributed by atoms with Gasteiger partial charge in [-0.05, 0) is 42.0 Å². The van der Waals surface area contributed by atoms with Gasteiger partial charge in [-0.3, -0.25) is 4.79 Å². The number of aliphatic carboxylic acids is 1. The van der Waals surface area contributed by atoms with Gasteiger partial charge in [-0.1, -0.05) is 17.7 Å². The summed E-state index contributed by atoms with van der Waals surface area (Å²) in [5.74, 6) is -4.94. The fourth-order valence-electron chi connectivity index (χ4n) is 2.73. The van der Waals surface area contributed by atoms with E-state index in [1.54, 1.807) is 24.3 Å². The molecule has 2 N–H and O–H groups in total. The summed E-state index contributed by atoms with van der Waals surface area (Å²) in [4.78, 5) is 24.2. The third-order valence-corrected chi connectivity index (χ3v) is 4.46. The Bertz CT molecular complexity index is 980. The molecular weight excluding hydrogens is 408 g/mol. The molecule has 6 nitrogen and oxygen atoms in total. The average molecular weight is 424 g/mol. The van der Waals surface area contributed by atoms with Crippen LogP contribution in [0.15, 0.2) is 42.5 Å². The molecule has 0 unspecified atom stereocenters. The highest BCUT2D eigenvalue weighted by molar-refractivity contribution is 6.32. The number of benzene rings is 2. The highest BCUT2D eigenvalue weighted by Crippen LogP contribution is 2.27. The summed E-state index contributed by atoms with van der Waals surface area (Å²) in [7, 11) is 0. The van der Waals surface area contributed by atoms with Gasteiger partial charge in [-0.15, -0.1) is 0 Å². The molecule has 0 saturated heterocycles. The first-order valence-electron chi connectivity index (χ1n) is 8.57. The lowest BCUT2D eigenvalue weighted by Crippen LogP contribution is -2.42. The molecule has 152 valence electrons. The van der Waals surface area contributed by atoms with Crippen molar-refractivity contribution in [2.75, 3.05) is 13.2 Å².